The van der Waals surface area contributed by atoms with E-state index in [0.29, 0.717) is 12.1 Å². The summed E-state index contributed by atoms with van der Waals surface area (Å²) in [5.74, 6) is -0.505. The second-order valence-electron chi connectivity index (χ2n) is 4.18. The van der Waals surface area contributed by atoms with Gasteiger partial charge in [0.1, 0.15) is 0 Å². The SMILES string of the molecule is CCn1c(=O)oc2cc(S(=O)(=O)Nc3nccs3)ccc21. The van der Waals surface area contributed by atoms with Crippen LogP contribution in [0.25, 0.3) is 11.1 Å². The number of sulfonamides is 1. The van der Waals surface area contributed by atoms with Gasteiger partial charge in [0, 0.05) is 24.2 Å². The standard InChI is InChI=1S/C12H11N3O4S2/c1-2-15-9-4-3-8(7-10(9)19-12(15)16)21(17,18)14-11-13-5-6-20-11/h3-7H,2H2,1H3,(H,13,14). The van der Waals surface area contributed by atoms with Gasteiger partial charge in [-0.1, -0.05) is 0 Å². The zero-order chi connectivity index (χ0) is 15.0. The second-order valence-corrected chi connectivity index (χ2v) is 6.76. The second kappa shape index (κ2) is 5.01. The van der Waals surface area contributed by atoms with Crippen LogP contribution in [0.4, 0.5) is 5.13 Å². The molecule has 1 aromatic carbocycles. The number of hydrogen-bond acceptors (Lipinski definition) is 6. The largest absolute Gasteiger partial charge is 0.419 e. The van der Waals surface area contributed by atoms with Crippen molar-refractivity contribution >= 4 is 37.6 Å². The number of thiazole rings is 1. The quantitative estimate of drug-likeness (QED) is 0.790. The highest BCUT2D eigenvalue weighted by molar-refractivity contribution is 7.93. The highest BCUT2D eigenvalue weighted by atomic mass is 32.2. The van der Waals surface area contributed by atoms with Gasteiger partial charge in [-0.3, -0.25) is 9.29 Å². The highest BCUT2D eigenvalue weighted by Crippen LogP contribution is 2.21. The Kier molecular flexibility index (Phi) is 3.30. The number of rotatable bonds is 4. The van der Waals surface area contributed by atoms with Crippen LogP contribution in [0.3, 0.4) is 0 Å². The fourth-order valence-corrected chi connectivity index (χ4v) is 3.76. The summed E-state index contributed by atoms with van der Waals surface area (Å²) in [7, 11) is -3.76. The minimum Gasteiger partial charge on any atom is -0.408 e. The Morgan fingerprint density at radius 1 is 1.43 bits per heavy atom. The topological polar surface area (TPSA) is 94.2 Å². The summed E-state index contributed by atoms with van der Waals surface area (Å²) in [5, 5.41) is 1.95. The summed E-state index contributed by atoms with van der Waals surface area (Å²) < 4.78 is 33.3. The number of oxazole rings is 1. The van der Waals surface area contributed by atoms with Gasteiger partial charge >= 0.3 is 5.76 Å². The Balaban J connectivity index is 2.07. The predicted octanol–water partition coefficient (Wildman–Crippen LogP) is 1.87. The van der Waals surface area contributed by atoms with E-state index in [2.05, 4.69) is 9.71 Å². The molecule has 0 aliphatic carbocycles. The summed E-state index contributed by atoms with van der Waals surface area (Å²) in [6, 6.07) is 4.32. The van der Waals surface area contributed by atoms with Gasteiger partial charge in [-0.25, -0.2) is 18.2 Å². The number of nitrogens with zero attached hydrogens (tertiary/aromatic N) is 2. The van der Waals surface area contributed by atoms with E-state index in [-0.39, 0.29) is 15.6 Å². The lowest BCUT2D eigenvalue weighted by Gasteiger charge is -2.05. The molecule has 0 aliphatic heterocycles. The smallest absolute Gasteiger partial charge is 0.408 e. The van der Waals surface area contributed by atoms with Crippen molar-refractivity contribution < 1.29 is 12.8 Å². The highest BCUT2D eigenvalue weighted by Gasteiger charge is 2.18. The van der Waals surface area contributed by atoms with Crippen molar-refractivity contribution in [3.8, 4) is 0 Å². The lowest BCUT2D eigenvalue weighted by Crippen LogP contribution is -2.13. The van der Waals surface area contributed by atoms with E-state index in [1.54, 1.807) is 11.4 Å². The van der Waals surface area contributed by atoms with Crippen molar-refractivity contribution in [2.24, 2.45) is 0 Å². The molecular weight excluding hydrogens is 314 g/mol. The summed E-state index contributed by atoms with van der Waals surface area (Å²) in [4.78, 5) is 15.5. The van der Waals surface area contributed by atoms with Crippen LogP contribution in [-0.2, 0) is 16.6 Å². The first-order valence-corrected chi connectivity index (χ1v) is 8.43. The molecule has 7 nitrogen and oxygen atoms in total. The minimum atomic E-state index is -3.76. The van der Waals surface area contributed by atoms with Gasteiger partial charge in [0.25, 0.3) is 10.0 Å². The van der Waals surface area contributed by atoms with E-state index in [1.165, 1.54) is 34.2 Å². The maximum atomic E-state index is 12.2. The number of nitrogens with one attached hydrogen (secondary N) is 1. The van der Waals surface area contributed by atoms with Crippen LogP contribution in [0.15, 0.2) is 43.9 Å². The molecule has 2 aromatic heterocycles. The first kappa shape index (κ1) is 13.8. The van der Waals surface area contributed by atoms with Crippen molar-refractivity contribution in [3.63, 3.8) is 0 Å². The first-order valence-electron chi connectivity index (χ1n) is 6.07. The van der Waals surface area contributed by atoms with Gasteiger partial charge in [-0.15, -0.1) is 11.3 Å². The number of hydrogen-bond donors (Lipinski definition) is 1. The summed E-state index contributed by atoms with van der Waals surface area (Å²) in [6.07, 6.45) is 1.51. The average Bonchev–Trinajstić information content (AvgIpc) is 3.03. The van der Waals surface area contributed by atoms with Crippen molar-refractivity contribution in [2.45, 2.75) is 18.4 Å². The normalized spacial score (nSPS) is 11.9. The van der Waals surface area contributed by atoms with Gasteiger partial charge in [0.05, 0.1) is 10.4 Å². The van der Waals surface area contributed by atoms with Crippen molar-refractivity contribution in [2.75, 3.05) is 4.72 Å². The Bertz CT molecular complexity index is 939. The molecule has 0 atom stereocenters. The zero-order valence-corrected chi connectivity index (χ0v) is 12.6. The van der Waals surface area contributed by atoms with Gasteiger partial charge in [0.15, 0.2) is 10.7 Å². The molecule has 2 heterocycles. The first-order chi connectivity index (χ1) is 10.0. The third-order valence-electron chi connectivity index (χ3n) is 2.92. The fourth-order valence-electron chi connectivity index (χ4n) is 1.96. The molecule has 0 amide bonds. The van der Waals surface area contributed by atoms with E-state index < -0.39 is 15.8 Å². The summed E-state index contributed by atoms with van der Waals surface area (Å²) >= 11 is 1.18. The van der Waals surface area contributed by atoms with E-state index in [0.717, 1.165) is 0 Å². The molecule has 0 fully saturated rings. The monoisotopic (exact) mass is 325 g/mol. The van der Waals surface area contributed by atoms with Crippen LogP contribution in [0, 0.1) is 0 Å². The molecule has 0 unspecified atom stereocenters. The molecule has 110 valence electrons. The van der Waals surface area contributed by atoms with Crippen molar-refractivity contribution in [3.05, 3.63) is 40.3 Å². The van der Waals surface area contributed by atoms with E-state index >= 15 is 0 Å². The Morgan fingerprint density at radius 2 is 2.24 bits per heavy atom. The number of fused-ring (bicyclic) bond motifs is 1. The van der Waals surface area contributed by atoms with Crippen LogP contribution in [0.5, 0.6) is 0 Å². The van der Waals surface area contributed by atoms with Gasteiger partial charge in [0.2, 0.25) is 0 Å². The molecule has 9 heteroatoms. The maximum absolute atomic E-state index is 12.2. The van der Waals surface area contributed by atoms with Crippen LogP contribution in [0.2, 0.25) is 0 Å². The molecule has 0 radical (unpaired) electrons. The Hall–Kier alpha value is -2.13. The number of anilines is 1. The van der Waals surface area contributed by atoms with Crippen LogP contribution in [0.1, 0.15) is 6.92 Å². The lowest BCUT2D eigenvalue weighted by molar-refractivity contribution is 0.512. The fraction of sp³-hybridized carbons (Fsp3) is 0.167. The average molecular weight is 325 g/mol. The van der Waals surface area contributed by atoms with Gasteiger partial charge in [-0.05, 0) is 19.1 Å². The molecule has 0 saturated heterocycles. The predicted molar refractivity (Wildman–Crippen MR) is 79.1 cm³/mol. The molecule has 3 rings (SSSR count). The molecule has 0 aliphatic rings. The zero-order valence-electron chi connectivity index (χ0n) is 10.9. The Labute approximate surface area is 123 Å². The van der Waals surface area contributed by atoms with Crippen LogP contribution in [-0.4, -0.2) is 18.0 Å². The Morgan fingerprint density at radius 3 is 2.90 bits per heavy atom. The molecular formula is C12H11N3O4S2. The third-order valence-corrected chi connectivity index (χ3v) is 5.07. The van der Waals surface area contributed by atoms with Crippen molar-refractivity contribution in [1.82, 2.24) is 9.55 Å². The van der Waals surface area contributed by atoms with Gasteiger partial charge < -0.3 is 4.42 Å². The number of benzene rings is 1. The molecule has 3 aromatic rings. The van der Waals surface area contributed by atoms with E-state index in [9.17, 15) is 13.2 Å². The number of aromatic nitrogens is 2. The molecule has 1 N–H and O–H groups in total. The lowest BCUT2D eigenvalue weighted by atomic mass is 10.3. The number of aryl methyl sites for hydroxylation is 1. The van der Waals surface area contributed by atoms with Gasteiger partial charge in [-0.2, -0.15) is 0 Å². The maximum Gasteiger partial charge on any atom is 0.419 e. The molecule has 0 saturated carbocycles. The third kappa shape index (κ3) is 2.45. The summed E-state index contributed by atoms with van der Waals surface area (Å²) in [5.41, 5.74) is 0.805. The van der Waals surface area contributed by atoms with Crippen LogP contribution < -0.4 is 10.5 Å². The molecule has 0 spiro atoms. The minimum absolute atomic E-state index is 0.0159. The van der Waals surface area contributed by atoms with Crippen molar-refractivity contribution in [1.29, 1.82) is 0 Å². The molecule has 0 bridgehead atoms. The summed E-state index contributed by atoms with van der Waals surface area (Å²) in [6.45, 7) is 2.26. The van der Waals surface area contributed by atoms with Crippen LogP contribution >= 0.6 is 11.3 Å². The van der Waals surface area contributed by atoms with E-state index in [1.807, 2.05) is 6.92 Å². The molecule has 21 heavy (non-hydrogen) atoms. The van der Waals surface area contributed by atoms with E-state index in [4.69, 9.17) is 4.42 Å².